The number of aromatic nitrogens is 2. The van der Waals surface area contributed by atoms with E-state index in [1.54, 1.807) is 31.6 Å². The molecule has 8 nitrogen and oxygen atoms in total. The largest absolute Gasteiger partial charge is 0.493 e. The van der Waals surface area contributed by atoms with Crippen molar-refractivity contribution in [2.45, 2.75) is 58.0 Å². The van der Waals surface area contributed by atoms with Gasteiger partial charge in [0.1, 0.15) is 12.9 Å². The average molecular weight is 561 g/mol. The lowest BCUT2D eigenvalue weighted by molar-refractivity contribution is 0.0627. The van der Waals surface area contributed by atoms with Gasteiger partial charge in [0.05, 0.1) is 25.3 Å². The lowest BCUT2D eigenvalue weighted by atomic mass is 9.95. The number of carbonyl (C=O) groups is 1. The molecule has 2 heterocycles. The third-order valence-corrected chi connectivity index (χ3v) is 12.4. The molecule has 1 aromatic heterocycles. The maximum atomic E-state index is 14.0. The summed E-state index contributed by atoms with van der Waals surface area (Å²) in [5, 5.41) is 0.0514. The second kappa shape index (κ2) is 12.2. The zero-order valence-corrected chi connectivity index (χ0v) is 25.3. The van der Waals surface area contributed by atoms with E-state index in [1.165, 1.54) is 6.33 Å². The van der Waals surface area contributed by atoms with Crippen molar-refractivity contribution in [2.24, 2.45) is 0 Å². The molecule has 4 rings (SSSR count). The van der Waals surface area contributed by atoms with Gasteiger partial charge in [-0.3, -0.25) is 4.79 Å². The fraction of sp³-hybridized carbons (Fsp3) is 0.387. The number of anilines is 1. The summed E-state index contributed by atoms with van der Waals surface area (Å²) in [5.41, 5.74) is 10.2. The standard InChI is InChI=1S/C31H40N4O4Si/c1-31(2,3)40(5,6)39-20-25-14-23(24-17-33-21-34-18-24)12-13-35(25)30(36)26-15-28(37-4)29(16-27(26)32)38-19-22-10-8-7-9-11-22/h7-12,15-18,21,25H,13-14,19-20,32H2,1-6H3/t25-/m0/s1. The molecule has 0 radical (unpaired) electrons. The number of nitrogens with two attached hydrogens (primary N) is 1. The number of benzene rings is 2. The van der Waals surface area contributed by atoms with Crippen LogP contribution in [0.1, 0.15) is 48.7 Å². The summed E-state index contributed by atoms with van der Waals surface area (Å²) in [6.07, 6.45) is 7.82. The zero-order valence-electron chi connectivity index (χ0n) is 24.3. The number of rotatable bonds is 9. The van der Waals surface area contributed by atoms with E-state index in [-0.39, 0.29) is 17.0 Å². The van der Waals surface area contributed by atoms with Crippen LogP contribution in [-0.2, 0) is 11.0 Å². The molecular formula is C31H40N4O4Si. The molecule has 3 aromatic rings. The average Bonchev–Trinajstić information content (AvgIpc) is 2.95. The Morgan fingerprint density at radius 3 is 2.45 bits per heavy atom. The Morgan fingerprint density at radius 2 is 1.80 bits per heavy atom. The third-order valence-electron chi connectivity index (χ3n) is 7.87. The minimum Gasteiger partial charge on any atom is -0.493 e. The summed E-state index contributed by atoms with van der Waals surface area (Å²) < 4.78 is 18.2. The molecule has 2 aromatic carbocycles. The molecule has 1 atom stereocenters. The van der Waals surface area contributed by atoms with E-state index >= 15 is 0 Å². The van der Waals surface area contributed by atoms with E-state index in [0.717, 1.165) is 16.7 Å². The van der Waals surface area contributed by atoms with Crippen molar-refractivity contribution in [1.82, 2.24) is 14.9 Å². The first-order chi connectivity index (χ1) is 19.0. The topological polar surface area (TPSA) is 99.8 Å². The summed E-state index contributed by atoms with van der Waals surface area (Å²) in [7, 11) is -0.489. The Morgan fingerprint density at radius 1 is 1.10 bits per heavy atom. The maximum absolute atomic E-state index is 14.0. The fourth-order valence-corrected chi connectivity index (χ4v) is 5.39. The zero-order chi connectivity index (χ0) is 28.9. The van der Waals surface area contributed by atoms with Gasteiger partial charge in [-0.15, -0.1) is 0 Å². The summed E-state index contributed by atoms with van der Waals surface area (Å²) in [4.78, 5) is 24.2. The Bertz CT molecular complexity index is 1340. The molecule has 40 heavy (non-hydrogen) atoms. The van der Waals surface area contributed by atoms with E-state index in [0.29, 0.717) is 48.9 Å². The Balaban J connectivity index is 1.60. The van der Waals surface area contributed by atoms with Gasteiger partial charge >= 0.3 is 0 Å². The van der Waals surface area contributed by atoms with Gasteiger partial charge in [0.2, 0.25) is 0 Å². The predicted molar refractivity (Wildman–Crippen MR) is 161 cm³/mol. The van der Waals surface area contributed by atoms with Gasteiger partial charge in [0, 0.05) is 36.3 Å². The van der Waals surface area contributed by atoms with Gasteiger partial charge in [0.15, 0.2) is 19.8 Å². The highest BCUT2D eigenvalue weighted by molar-refractivity contribution is 6.74. The lowest BCUT2D eigenvalue weighted by Crippen LogP contribution is -2.49. The number of methoxy groups -OCH3 is 1. The summed E-state index contributed by atoms with van der Waals surface area (Å²) in [5.74, 6) is 0.772. The van der Waals surface area contributed by atoms with Gasteiger partial charge in [0.25, 0.3) is 5.91 Å². The molecule has 212 valence electrons. The number of nitrogen functional groups attached to an aromatic ring is 1. The van der Waals surface area contributed by atoms with Gasteiger partial charge < -0.3 is 24.5 Å². The Labute approximate surface area is 238 Å². The summed E-state index contributed by atoms with van der Waals surface area (Å²) in [6.45, 7) is 12.3. The molecule has 0 saturated heterocycles. The predicted octanol–water partition coefficient (Wildman–Crippen LogP) is 5.97. The minimum absolute atomic E-state index is 0.0514. The number of amides is 1. The van der Waals surface area contributed by atoms with Gasteiger partial charge in [-0.1, -0.05) is 57.2 Å². The monoisotopic (exact) mass is 560 g/mol. The first kappa shape index (κ1) is 29.3. The van der Waals surface area contributed by atoms with Crippen LogP contribution in [0.3, 0.4) is 0 Å². The Kier molecular flexibility index (Phi) is 8.95. The second-order valence-corrected chi connectivity index (χ2v) is 16.4. The molecule has 0 fully saturated rings. The molecule has 0 aliphatic carbocycles. The highest BCUT2D eigenvalue weighted by Gasteiger charge is 2.39. The molecular weight excluding hydrogens is 520 g/mol. The highest BCUT2D eigenvalue weighted by atomic mass is 28.4. The fourth-order valence-electron chi connectivity index (χ4n) is 4.35. The normalized spacial score (nSPS) is 15.9. The second-order valence-electron chi connectivity index (χ2n) is 11.6. The SMILES string of the molecule is COc1cc(C(=O)N2CC=C(c3cncnc3)C[C@H]2CO[Si](C)(C)C(C)(C)C)c(N)cc1OCc1ccccc1. The number of hydrogen-bond donors (Lipinski definition) is 1. The maximum Gasteiger partial charge on any atom is 0.256 e. The van der Waals surface area contributed by atoms with Gasteiger partial charge in [-0.05, 0) is 41.8 Å². The van der Waals surface area contributed by atoms with Crippen molar-refractivity contribution < 1.29 is 18.7 Å². The van der Waals surface area contributed by atoms with Crippen LogP contribution >= 0.6 is 0 Å². The molecule has 0 unspecified atom stereocenters. The molecule has 1 aliphatic rings. The smallest absolute Gasteiger partial charge is 0.256 e. The van der Waals surface area contributed by atoms with Crippen LogP contribution in [0.2, 0.25) is 18.1 Å². The first-order valence-electron chi connectivity index (χ1n) is 13.5. The highest BCUT2D eigenvalue weighted by Crippen LogP contribution is 2.38. The quantitative estimate of drug-likeness (QED) is 0.254. The van der Waals surface area contributed by atoms with Gasteiger partial charge in [-0.2, -0.15) is 0 Å². The third kappa shape index (κ3) is 6.71. The van der Waals surface area contributed by atoms with E-state index < -0.39 is 8.32 Å². The number of ether oxygens (including phenoxy) is 2. The van der Waals surface area contributed by atoms with E-state index in [9.17, 15) is 4.79 Å². The van der Waals surface area contributed by atoms with Crippen LogP contribution in [0.15, 0.2) is 67.3 Å². The summed E-state index contributed by atoms with van der Waals surface area (Å²) in [6, 6.07) is 13.0. The first-order valence-corrected chi connectivity index (χ1v) is 16.4. The van der Waals surface area contributed by atoms with E-state index in [2.05, 4.69) is 49.9 Å². The van der Waals surface area contributed by atoms with Crippen LogP contribution in [-0.4, -0.2) is 55.4 Å². The number of carbonyl (C=O) groups excluding carboxylic acids is 1. The van der Waals surface area contributed by atoms with Crippen LogP contribution in [0.25, 0.3) is 5.57 Å². The van der Waals surface area contributed by atoms with Crippen LogP contribution in [0.4, 0.5) is 5.69 Å². The minimum atomic E-state index is -2.05. The molecule has 1 amide bonds. The Hall–Kier alpha value is -3.69. The number of nitrogens with zero attached hydrogens (tertiary/aromatic N) is 3. The van der Waals surface area contributed by atoms with Gasteiger partial charge in [-0.25, -0.2) is 9.97 Å². The van der Waals surface area contributed by atoms with Crippen molar-refractivity contribution in [1.29, 1.82) is 0 Å². The lowest BCUT2D eigenvalue weighted by Gasteiger charge is -2.41. The van der Waals surface area contributed by atoms with Crippen molar-refractivity contribution in [3.8, 4) is 11.5 Å². The van der Waals surface area contributed by atoms with Crippen molar-refractivity contribution in [2.75, 3.05) is 26.0 Å². The van der Waals surface area contributed by atoms with Crippen LogP contribution < -0.4 is 15.2 Å². The molecule has 1 aliphatic heterocycles. The summed E-state index contributed by atoms with van der Waals surface area (Å²) >= 11 is 0. The van der Waals surface area contributed by atoms with Crippen molar-refractivity contribution in [3.63, 3.8) is 0 Å². The van der Waals surface area contributed by atoms with Crippen LogP contribution in [0, 0.1) is 0 Å². The van der Waals surface area contributed by atoms with E-state index in [1.807, 2.05) is 35.2 Å². The molecule has 0 spiro atoms. The molecule has 0 saturated carbocycles. The van der Waals surface area contributed by atoms with Crippen LogP contribution in [0.5, 0.6) is 11.5 Å². The molecule has 0 bridgehead atoms. The van der Waals surface area contributed by atoms with Crippen molar-refractivity contribution in [3.05, 3.63) is 84.0 Å². The number of hydrogen-bond acceptors (Lipinski definition) is 7. The van der Waals surface area contributed by atoms with E-state index in [4.69, 9.17) is 19.6 Å². The molecule has 9 heteroatoms. The molecule has 2 N–H and O–H groups in total. The van der Waals surface area contributed by atoms with Crippen molar-refractivity contribution >= 4 is 25.5 Å².